The van der Waals surface area contributed by atoms with Gasteiger partial charge in [0.05, 0.1) is 5.56 Å². The van der Waals surface area contributed by atoms with E-state index in [9.17, 15) is 18.0 Å². The molecule has 0 atom stereocenters. The quantitative estimate of drug-likeness (QED) is 0.631. The third-order valence-corrected chi connectivity index (χ3v) is 2.42. The summed E-state index contributed by atoms with van der Waals surface area (Å²) in [6.45, 7) is 0. The molecule has 0 N–H and O–H groups in total. The summed E-state index contributed by atoms with van der Waals surface area (Å²) in [6.07, 6.45) is -5.02. The van der Waals surface area contributed by atoms with Crippen molar-refractivity contribution in [2.45, 2.75) is 6.36 Å². The first-order valence-corrected chi connectivity index (χ1v) is 5.58. The van der Waals surface area contributed by atoms with Crippen LogP contribution < -0.4 is 0 Å². The fraction of sp³-hybridized carbons (Fsp3) is 0.0714. The number of carbonyl (C=O) groups excluding carboxylic acids is 1. The van der Waals surface area contributed by atoms with Gasteiger partial charge in [-0.1, -0.05) is 47.4 Å². The molecule has 0 fully saturated rings. The third kappa shape index (κ3) is 3.83. The molecule has 20 heavy (non-hydrogen) atoms. The van der Waals surface area contributed by atoms with E-state index in [1.807, 2.05) is 30.3 Å². The van der Waals surface area contributed by atoms with Gasteiger partial charge >= 0.3 is 12.3 Å². The summed E-state index contributed by atoms with van der Waals surface area (Å²) < 4.78 is 35.3. The molecule has 0 saturated heterocycles. The van der Waals surface area contributed by atoms with Crippen LogP contribution >= 0.6 is 0 Å². The van der Waals surface area contributed by atoms with Crippen molar-refractivity contribution < 1.29 is 27.7 Å². The SMILES string of the molecule is O=C(OOC(F)(F)F)c1cccc(-c2ccccc2)c1. The second-order valence-corrected chi connectivity index (χ2v) is 3.85. The predicted molar refractivity (Wildman–Crippen MR) is 64.4 cm³/mol. The smallest absolute Gasteiger partial charge is 0.284 e. The van der Waals surface area contributed by atoms with E-state index in [1.54, 1.807) is 12.1 Å². The maximum atomic E-state index is 11.8. The fourth-order valence-corrected chi connectivity index (χ4v) is 1.59. The Morgan fingerprint density at radius 2 is 1.55 bits per heavy atom. The molecule has 0 aliphatic carbocycles. The number of halogens is 3. The highest BCUT2D eigenvalue weighted by Crippen LogP contribution is 2.21. The molecule has 6 heteroatoms. The summed E-state index contributed by atoms with van der Waals surface area (Å²) in [7, 11) is 0. The van der Waals surface area contributed by atoms with E-state index in [-0.39, 0.29) is 5.56 Å². The average Bonchev–Trinajstić information content (AvgIpc) is 2.45. The zero-order valence-corrected chi connectivity index (χ0v) is 10.1. The molecule has 104 valence electrons. The summed E-state index contributed by atoms with van der Waals surface area (Å²) in [5.74, 6) is -1.21. The molecule has 0 aromatic heterocycles. The Balaban J connectivity index is 2.16. The van der Waals surface area contributed by atoms with Crippen LogP contribution in [-0.2, 0) is 9.78 Å². The van der Waals surface area contributed by atoms with Crippen LogP contribution in [0.1, 0.15) is 10.4 Å². The first-order chi connectivity index (χ1) is 9.46. The minimum Gasteiger partial charge on any atom is -0.284 e. The summed E-state index contributed by atoms with van der Waals surface area (Å²) in [5.41, 5.74) is 1.49. The van der Waals surface area contributed by atoms with Crippen molar-refractivity contribution in [2.24, 2.45) is 0 Å². The Bertz CT molecular complexity index is 594. The molecule has 0 aliphatic rings. The van der Waals surface area contributed by atoms with Gasteiger partial charge in [0, 0.05) is 0 Å². The normalized spacial score (nSPS) is 11.2. The van der Waals surface area contributed by atoms with Crippen molar-refractivity contribution in [3.63, 3.8) is 0 Å². The Morgan fingerprint density at radius 1 is 0.900 bits per heavy atom. The highest BCUT2D eigenvalue weighted by atomic mass is 19.4. The number of hydrogen-bond donors (Lipinski definition) is 0. The van der Waals surface area contributed by atoms with Crippen LogP contribution in [0.15, 0.2) is 54.6 Å². The molecule has 2 aromatic carbocycles. The van der Waals surface area contributed by atoms with Crippen molar-refractivity contribution in [3.8, 4) is 11.1 Å². The lowest BCUT2D eigenvalue weighted by molar-refractivity contribution is -0.457. The zero-order chi connectivity index (χ0) is 14.6. The van der Waals surface area contributed by atoms with Gasteiger partial charge in [0.25, 0.3) is 0 Å². The van der Waals surface area contributed by atoms with Gasteiger partial charge in [-0.3, -0.25) is 4.89 Å². The molecule has 0 heterocycles. The van der Waals surface area contributed by atoms with Crippen molar-refractivity contribution in [1.82, 2.24) is 0 Å². The molecule has 0 radical (unpaired) electrons. The van der Waals surface area contributed by atoms with E-state index in [4.69, 9.17) is 0 Å². The van der Waals surface area contributed by atoms with Crippen molar-refractivity contribution in [1.29, 1.82) is 0 Å². The van der Waals surface area contributed by atoms with Crippen LogP contribution in [0.4, 0.5) is 13.2 Å². The molecular weight excluding hydrogens is 273 g/mol. The van der Waals surface area contributed by atoms with Gasteiger partial charge in [0.1, 0.15) is 0 Å². The topological polar surface area (TPSA) is 35.5 Å². The van der Waals surface area contributed by atoms with E-state index in [0.29, 0.717) is 5.56 Å². The second kappa shape index (κ2) is 5.75. The molecule has 0 aliphatic heterocycles. The second-order valence-electron chi connectivity index (χ2n) is 3.85. The number of hydrogen-bond acceptors (Lipinski definition) is 3. The first-order valence-electron chi connectivity index (χ1n) is 5.58. The molecule has 0 amide bonds. The summed E-state index contributed by atoms with van der Waals surface area (Å²) >= 11 is 0. The number of alkyl halides is 3. The van der Waals surface area contributed by atoms with Crippen LogP contribution in [0.5, 0.6) is 0 Å². The van der Waals surface area contributed by atoms with Crippen LogP contribution in [0.2, 0.25) is 0 Å². The van der Waals surface area contributed by atoms with E-state index in [2.05, 4.69) is 9.78 Å². The number of benzene rings is 2. The maximum Gasteiger partial charge on any atom is 0.558 e. The highest BCUT2D eigenvalue weighted by Gasteiger charge is 2.33. The number of rotatable bonds is 3. The van der Waals surface area contributed by atoms with Crippen LogP contribution in [0.3, 0.4) is 0 Å². The summed E-state index contributed by atoms with van der Waals surface area (Å²) in [6, 6.07) is 15.1. The van der Waals surface area contributed by atoms with Gasteiger partial charge in [-0.15, -0.1) is 13.2 Å². The molecule has 0 spiro atoms. The first kappa shape index (κ1) is 14.1. The van der Waals surface area contributed by atoms with Crippen molar-refractivity contribution >= 4 is 5.97 Å². The fourth-order valence-electron chi connectivity index (χ4n) is 1.59. The van der Waals surface area contributed by atoms with Gasteiger partial charge in [0.2, 0.25) is 0 Å². The summed E-state index contributed by atoms with van der Waals surface area (Å²) in [5, 5.41) is 0. The minimum absolute atomic E-state index is 0.0318. The Morgan fingerprint density at radius 3 is 2.20 bits per heavy atom. The van der Waals surface area contributed by atoms with Gasteiger partial charge in [0.15, 0.2) is 0 Å². The minimum atomic E-state index is -5.02. The van der Waals surface area contributed by atoms with Crippen molar-refractivity contribution in [2.75, 3.05) is 0 Å². The number of carbonyl (C=O) groups is 1. The Kier molecular flexibility index (Phi) is 4.05. The van der Waals surface area contributed by atoms with E-state index >= 15 is 0 Å². The molecule has 3 nitrogen and oxygen atoms in total. The van der Waals surface area contributed by atoms with E-state index in [1.165, 1.54) is 12.1 Å². The molecule has 0 unspecified atom stereocenters. The van der Waals surface area contributed by atoms with Crippen LogP contribution in [-0.4, -0.2) is 12.3 Å². The lowest BCUT2D eigenvalue weighted by atomic mass is 10.0. The van der Waals surface area contributed by atoms with Gasteiger partial charge in [-0.05, 0) is 23.3 Å². The summed E-state index contributed by atoms with van der Waals surface area (Å²) in [4.78, 5) is 18.2. The van der Waals surface area contributed by atoms with E-state index in [0.717, 1.165) is 5.56 Å². The molecular formula is C14H9F3O3. The Labute approximate surface area is 112 Å². The van der Waals surface area contributed by atoms with Gasteiger partial charge < -0.3 is 0 Å². The third-order valence-electron chi connectivity index (χ3n) is 2.42. The highest BCUT2D eigenvalue weighted by molar-refractivity contribution is 5.90. The largest absolute Gasteiger partial charge is 0.558 e. The van der Waals surface area contributed by atoms with Crippen LogP contribution in [0, 0.1) is 0 Å². The lowest BCUT2D eigenvalue weighted by Crippen LogP contribution is -2.17. The molecule has 0 bridgehead atoms. The molecule has 0 saturated carbocycles. The zero-order valence-electron chi connectivity index (χ0n) is 10.1. The standard InChI is InChI=1S/C14H9F3O3/c15-14(16,17)20-19-13(18)12-8-4-7-11(9-12)10-5-2-1-3-6-10/h1-9H. The molecule has 2 rings (SSSR count). The maximum absolute atomic E-state index is 11.8. The van der Waals surface area contributed by atoms with E-state index < -0.39 is 12.3 Å². The van der Waals surface area contributed by atoms with Crippen molar-refractivity contribution in [3.05, 3.63) is 60.2 Å². The average molecular weight is 282 g/mol. The monoisotopic (exact) mass is 282 g/mol. The lowest BCUT2D eigenvalue weighted by Gasteiger charge is -2.07. The Hall–Kier alpha value is -2.34. The van der Waals surface area contributed by atoms with Gasteiger partial charge in [-0.25, -0.2) is 4.79 Å². The van der Waals surface area contributed by atoms with Gasteiger partial charge in [-0.2, -0.15) is 0 Å². The predicted octanol–water partition coefficient (Wildman–Crippen LogP) is 3.96. The van der Waals surface area contributed by atoms with Crippen LogP contribution in [0.25, 0.3) is 11.1 Å². The molecule has 2 aromatic rings.